The maximum Gasteiger partial charge on any atom is 0.0530 e. The molecule has 0 aliphatic heterocycles. The quantitative estimate of drug-likeness (QED) is 0.701. The topological polar surface area (TPSA) is 12.0 Å². The number of nitrogens with one attached hydrogen (secondary N) is 1. The van der Waals surface area contributed by atoms with Crippen molar-refractivity contribution in [2.24, 2.45) is 0 Å². The van der Waals surface area contributed by atoms with E-state index in [1.807, 2.05) is 6.07 Å². The van der Waals surface area contributed by atoms with Crippen LogP contribution in [0.3, 0.4) is 0 Å². The van der Waals surface area contributed by atoms with E-state index >= 15 is 0 Å². The van der Waals surface area contributed by atoms with Crippen molar-refractivity contribution in [1.29, 1.82) is 0 Å². The molecule has 1 aromatic carbocycles. The molecule has 0 aromatic heterocycles. The molecule has 76 valence electrons. The Hall–Kier alpha value is -1.08. The summed E-state index contributed by atoms with van der Waals surface area (Å²) in [6, 6.07) is 10.8. The van der Waals surface area contributed by atoms with Crippen molar-refractivity contribution in [3.05, 3.63) is 48.0 Å². The Labute approximate surface area is 86.8 Å². The van der Waals surface area contributed by atoms with Gasteiger partial charge in [0.1, 0.15) is 0 Å². The molecule has 0 bridgehead atoms. The second-order valence-corrected chi connectivity index (χ2v) is 3.64. The van der Waals surface area contributed by atoms with Gasteiger partial charge in [0.25, 0.3) is 0 Å². The van der Waals surface area contributed by atoms with Crippen LogP contribution in [0.2, 0.25) is 0 Å². The van der Waals surface area contributed by atoms with Crippen LogP contribution in [0.5, 0.6) is 0 Å². The first-order valence-electron chi connectivity index (χ1n) is 5.19. The fourth-order valence-corrected chi connectivity index (χ4v) is 1.51. The van der Waals surface area contributed by atoms with Gasteiger partial charge in [0.05, 0.1) is 6.04 Å². The fraction of sp³-hybridized carbons (Fsp3) is 0.385. The van der Waals surface area contributed by atoms with Gasteiger partial charge in [0.2, 0.25) is 0 Å². The van der Waals surface area contributed by atoms with Crippen LogP contribution in [0.15, 0.2) is 42.5 Å². The van der Waals surface area contributed by atoms with Crippen LogP contribution in [0.4, 0.5) is 0 Å². The molecule has 0 fully saturated rings. The molecule has 1 nitrogen and oxygen atoms in total. The first-order valence-corrected chi connectivity index (χ1v) is 5.19. The van der Waals surface area contributed by atoms with Crippen molar-refractivity contribution in [2.45, 2.75) is 26.3 Å². The fourth-order valence-electron chi connectivity index (χ4n) is 1.51. The molecule has 0 saturated carbocycles. The highest BCUT2D eigenvalue weighted by Crippen LogP contribution is 2.19. The van der Waals surface area contributed by atoms with E-state index in [0.717, 1.165) is 13.0 Å². The lowest BCUT2D eigenvalue weighted by molar-refractivity contribution is 0.591. The molecule has 0 aliphatic rings. The second kappa shape index (κ2) is 5.61. The Bertz CT molecular complexity index is 277. The maximum absolute atomic E-state index is 4.02. The van der Waals surface area contributed by atoms with Gasteiger partial charge in [-0.25, -0.2) is 0 Å². The van der Waals surface area contributed by atoms with E-state index in [2.05, 4.69) is 50.0 Å². The summed E-state index contributed by atoms with van der Waals surface area (Å²) in [6.45, 7) is 9.30. The van der Waals surface area contributed by atoms with Gasteiger partial charge < -0.3 is 5.32 Å². The summed E-state index contributed by atoms with van der Waals surface area (Å²) in [5, 5.41) is 3.49. The summed E-state index contributed by atoms with van der Waals surface area (Å²) in [5.41, 5.74) is 2.47. The van der Waals surface area contributed by atoms with Gasteiger partial charge >= 0.3 is 0 Å². The standard InChI is InChI=1S/C13H19N/c1-4-10-14-13(11(2)3)12-8-6-5-7-9-12/h5-9,13-14H,2,4,10H2,1,3H3. The third-order valence-electron chi connectivity index (χ3n) is 2.22. The minimum absolute atomic E-state index is 0.302. The predicted octanol–water partition coefficient (Wildman–Crippen LogP) is 3.30. The highest BCUT2D eigenvalue weighted by Gasteiger charge is 2.09. The van der Waals surface area contributed by atoms with Crippen LogP contribution >= 0.6 is 0 Å². The first kappa shape index (κ1) is 11.0. The minimum Gasteiger partial charge on any atom is -0.307 e. The molecule has 1 atom stereocenters. The van der Waals surface area contributed by atoms with Crippen LogP contribution in [-0.2, 0) is 0 Å². The maximum atomic E-state index is 4.02. The smallest absolute Gasteiger partial charge is 0.0530 e. The Morgan fingerprint density at radius 2 is 2.00 bits per heavy atom. The van der Waals surface area contributed by atoms with Gasteiger partial charge in [-0.05, 0) is 25.5 Å². The summed E-state index contributed by atoms with van der Waals surface area (Å²) < 4.78 is 0. The summed E-state index contributed by atoms with van der Waals surface area (Å²) in [6.07, 6.45) is 1.15. The Morgan fingerprint density at radius 3 is 2.50 bits per heavy atom. The highest BCUT2D eigenvalue weighted by atomic mass is 14.9. The normalized spacial score (nSPS) is 12.4. The number of rotatable bonds is 5. The van der Waals surface area contributed by atoms with Gasteiger partial charge in [-0.15, -0.1) is 0 Å². The van der Waals surface area contributed by atoms with E-state index in [-0.39, 0.29) is 0 Å². The van der Waals surface area contributed by atoms with Crippen molar-refractivity contribution in [3.8, 4) is 0 Å². The Kier molecular flexibility index (Phi) is 4.41. The van der Waals surface area contributed by atoms with Gasteiger partial charge in [-0.2, -0.15) is 0 Å². The molecule has 0 saturated heterocycles. The van der Waals surface area contributed by atoms with E-state index in [0.29, 0.717) is 6.04 Å². The van der Waals surface area contributed by atoms with Crippen molar-refractivity contribution in [2.75, 3.05) is 6.54 Å². The molecule has 1 heteroatoms. The first-order chi connectivity index (χ1) is 6.75. The molecular formula is C13H19N. The van der Waals surface area contributed by atoms with Gasteiger partial charge in [0.15, 0.2) is 0 Å². The average molecular weight is 189 g/mol. The lowest BCUT2D eigenvalue weighted by Crippen LogP contribution is -2.22. The van der Waals surface area contributed by atoms with Crippen LogP contribution in [0.1, 0.15) is 31.9 Å². The van der Waals surface area contributed by atoms with Crippen molar-refractivity contribution in [3.63, 3.8) is 0 Å². The van der Waals surface area contributed by atoms with Crippen LogP contribution in [0.25, 0.3) is 0 Å². The zero-order valence-corrected chi connectivity index (χ0v) is 9.09. The Balaban J connectivity index is 2.73. The molecule has 1 unspecified atom stereocenters. The SMILES string of the molecule is C=C(C)C(NCCC)c1ccccc1. The lowest BCUT2D eigenvalue weighted by Gasteiger charge is -2.18. The largest absolute Gasteiger partial charge is 0.307 e. The molecule has 0 radical (unpaired) electrons. The molecule has 14 heavy (non-hydrogen) atoms. The van der Waals surface area contributed by atoms with E-state index < -0.39 is 0 Å². The number of benzene rings is 1. The van der Waals surface area contributed by atoms with E-state index in [9.17, 15) is 0 Å². The summed E-state index contributed by atoms with van der Waals surface area (Å²) in [7, 11) is 0. The van der Waals surface area contributed by atoms with Crippen LogP contribution < -0.4 is 5.32 Å². The van der Waals surface area contributed by atoms with Crippen molar-refractivity contribution < 1.29 is 0 Å². The van der Waals surface area contributed by atoms with Gasteiger partial charge in [0, 0.05) is 0 Å². The predicted molar refractivity (Wildman–Crippen MR) is 62.3 cm³/mol. The monoisotopic (exact) mass is 189 g/mol. The molecule has 0 amide bonds. The zero-order chi connectivity index (χ0) is 10.4. The van der Waals surface area contributed by atoms with E-state index in [1.54, 1.807) is 0 Å². The van der Waals surface area contributed by atoms with Gasteiger partial charge in [-0.1, -0.05) is 49.4 Å². The molecule has 1 aromatic rings. The van der Waals surface area contributed by atoms with Crippen LogP contribution in [-0.4, -0.2) is 6.54 Å². The van der Waals surface area contributed by atoms with E-state index in [1.165, 1.54) is 11.1 Å². The lowest BCUT2D eigenvalue weighted by atomic mass is 10.0. The van der Waals surface area contributed by atoms with Crippen molar-refractivity contribution >= 4 is 0 Å². The molecule has 0 heterocycles. The molecule has 1 rings (SSSR count). The molecule has 0 spiro atoms. The van der Waals surface area contributed by atoms with E-state index in [4.69, 9.17) is 0 Å². The molecular weight excluding hydrogens is 170 g/mol. The third kappa shape index (κ3) is 3.00. The molecule has 0 aliphatic carbocycles. The second-order valence-electron chi connectivity index (χ2n) is 3.64. The summed E-state index contributed by atoms with van der Waals surface area (Å²) in [5.74, 6) is 0. The molecule has 1 N–H and O–H groups in total. The van der Waals surface area contributed by atoms with Gasteiger partial charge in [-0.3, -0.25) is 0 Å². The average Bonchev–Trinajstić information content (AvgIpc) is 2.19. The summed E-state index contributed by atoms with van der Waals surface area (Å²) in [4.78, 5) is 0. The minimum atomic E-state index is 0.302. The van der Waals surface area contributed by atoms with Crippen LogP contribution in [0, 0.1) is 0 Å². The zero-order valence-electron chi connectivity index (χ0n) is 9.09. The number of hydrogen-bond acceptors (Lipinski definition) is 1. The number of hydrogen-bond donors (Lipinski definition) is 1. The third-order valence-corrected chi connectivity index (χ3v) is 2.22. The Morgan fingerprint density at radius 1 is 1.36 bits per heavy atom. The highest BCUT2D eigenvalue weighted by molar-refractivity contribution is 5.25. The summed E-state index contributed by atoms with van der Waals surface area (Å²) >= 11 is 0. The van der Waals surface area contributed by atoms with Crippen molar-refractivity contribution in [1.82, 2.24) is 5.32 Å².